The minimum absolute atomic E-state index is 0. The maximum Gasteiger partial charge on any atom is 0.152 e. The van der Waals surface area contributed by atoms with E-state index in [-0.39, 0.29) is 24.8 Å². The molecule has 0 heterocycles. The van der Waals surface area contributed by atoms with Crippen LogP contribution in [0.3, 0.4) is 0 Å². The summed E-state index contributed by atoms with van der Waals surface area (Å²) in [4.78, 5) is 0. The maximum atomic E-state index is 5.76. The van der Waals surface area contributed by atoms with E-state index in [2.05, 4.69) is 0 Å². The molecule has 0 saturated heterocycles. The van der Waals surface area contributed by atoms with Crippen LogP contribution in [0.2, 0.25) is 0 Å². The molecular weight excluding hydrogens is 259 g/mol. The highest BCUT2D eigenvalue weighted by molar-refractivity contribution is 5.85. The van der Waals surface area contributed by atoms with Gasteiger partial charge < -0.3 is 16.2 Å². The van der Waals surface area contributed by atoms with Gasteiger partial charge in [-0.15, -0.1) is 24.8 Å². The van der Waals surface area contributed by atoms with Crippen LogP contribution in [0.1, 0.15) is 0 Å². The Bertz CT molecular complexity index is 463. The van der Waals surface area contributed by atoms with Crippen LogP contribution in [0.5, 0.6) is 11.5 Å². The highest BCUT2D eigenvalue weighted by Gasteiger charge is 2.01. The largest absolute Gasteiger partial charge is 0.455 e. The molecule has 0 bridgehead atoms. The van der Waals surface area contributed by atoms with E-state index in [1.165, 1.54) is 0 Å². The van der Waals surface area contributed by atoms with E-state index in [4.69, 9.17) is 16.2 Å². The lowest BCUT2D eigenvalue weighted by atomic mass is 10.2. The van der Waals surface area contributed by atoms with Crippen molar-refractivity contribution in [3.63, 3.8) is 0 Å². The Labute approximate surface area is 113 Å². The van der Waals surface area contributed by atoms with Gasteiger partial charge in [-0.2, -0.15) is 0 Å². The Kier molecular flexibility index (Phi) is 6.25. The van der Waals surface area contributed by atoms with Crippen molar-refractivity contribution in [3.05, 3.63) is 48.5 Å². The molecule has 0 radical (unpaired) electrons. The fourth-order valence-corrected chi connectivity index (χ4v) is 1.25. The normalized spacial score (nSPS) is 8.71. The first kappa shape index (κ1) is 15.4. The zero-order chi connectivity index (χ0) is 10.7. The fraction of sp³-hybridized carbons (Fsp3) is 0. The molecule has 0 fully saturated rings. The number of ether oxygens (including phenoxy) is 1. The second-order valence-electron chi connectivity index (χ2n) is 3.21. The quantitative estimate of drug-likeness (QED) is 0.823. The van der Waals surface area contributed by atoms with E-state index in [0.717, 1.165) is 5.75 Å². The zero-order valence-corrected chi connectivity index (χ0v) is 10.6. The molecule has 3 nitrogen and oxygen atoms in total. The third-order valence-corrected chi connectivity index (χ3v) is 2.01. The van der Waals surface area contributed by atoms with Gasteiger partial charge in [0.2, 0.25) is 0 Å². The smallest absolute Gasteiger partial charge is 0.152 e. The van der Waals surface area contributed by atoms with Gasteiger partial charge >= 0.3 is 0 Å². The summed E-state index contributed by atoms with van der Waals surface area (Å²) < 4.78 is 5.58. The number of anilines is 2. The average Bonchev–Trinajstić information content (AvgIpc) is 2.25. The Morgan fingerprint density at radius 1 is 0.824 bits per heavy atom. The summed E-state index contributed by atoms with van der Waals surface area (Å²) >= 11 is 0. The molecule has 0 amide bonds. The summed E-state index contributed by atoms with van der Waals surface area (Å²) in [6.45, 7) is 0. The van der Waals surface area contributed by atoms with Crippen molar-refractivity contribution >= 4 is 36.2 Å². The monoisotopic (exact) mass is 272 g/mol. The van der Waals surface area contributed by atoms with Gasteiger partial charge in [-0.3, -0.25) is 0 Å². The molecule has 0 saturated carbocycles. The van der Waals surface area contributed by atoms with E-state index in [0.29, 0.717) is 17.1 Å². The van der Waals surface area contributed by atoms with Crippen LogP contribution in [0.4, 0.5) is 11.4 Å². The van der Waals surface area contributed by atoms with Crippen LogP contribution in [0, 0.1) is 0 Å². The molecule has 2 aromatic carbocycles. The lowest BCUT2D eigenvalue weighted by Gasteiger charge is -2.08. The molecule has 0 aliphatic rings. The van der Waals surface area contributed by atoms with Crippen molar-refractivity contribution < 1.29 is 4.74 Å². The molecule has 0 aliphatic heterocycles. The highest BCUT2D eigenvalue weighted by atomic mass is 35.5. The number of para-hydroxylation sites is 1. The summed E-state index contributed by atoms with van der Waals surface area (Å²) in [7, 11) is 0. The van der Waals surface area contributed by atoms with Crippen molar-refractivity contribution in [2.45, 2.75) is 0 Å². The Morgan fingerprint density at radius 3 is 2.12 bits per heavy atom. The van der Waals surface area contributed by atoms with Gasteiger partial charge in [-0.25, -0.2) is 0 Å². The van der Waals surface area contributed by atoms with Crippen LogP contribution < -0.4 is 16.2 Å². The molecule has 5 heteroatoms. The summed E-state index contributed by atoms with van der Waals surface area (Å²) in [5.41, 5.74) is 12.6. The summed E-state index contributed by atoms with van der Waals surface area (Å²) in [5.74, 6) is 1.33. The maximum absolute atomic E-state index is 5.76. The SMILES string of the molecule is Cl.Cl.Nc1ccc(N)c(Oc2ccccc2)c1. The first-order valence-corrected chi connectivity index (χ1v) is 4.63. The van der Waals surface area contributed by atoms with Crippen LogP contribution in [0.15, 0.2) is 48.5 Å². The molecule has 17 heavy (non-hydrogen) atoms. The van der Waals surface area contributed by atoms with Crippen LogP contribution in [-0.2, 0) is 0 Å². The third kappa shape index (κ3) is 4.06. The topological polar surface area (TPSA) is 61.3 Å². The second kappa shape index (κ2) is 6.89. The number of hydrogen-bond donors (Lipinski definition) is 2. The van der Waals surface area contributed by atoms with Gasteiger partial charge in [0.1, 0.15) is 5.75 Å². The van der Waals surface area contributed by atoms with Crippen LogP contribution in [0.25, 0.3) is 0 Å². The van der Waals surface area contributed by atoms with Crippen LogP contribution in [-0.4, -0.2) is 0 Å². The number of benzene rings is 2. The molecule has 4 N–H and O–H groups in total. The minimum Gasteiger partial charge on any atom is -0.455 e. The highest BCUT2D eigenvalue weighted by Crippen LogP contribution is 2.28. The number of nitrogens with two attached hydrogens (primary N) is 2. The Morgan fingerprint density at radius 2 is 1.47 bits per heavy atom. The van der Waals surface area contributed by atoms with E-state index in [9.17, 15) is 0 Å². The number of halogens is 2. The van der Waals surface area contributed by atoms with Gasteiger partial charge in [0.15, 0.2) is 5.75 Å². The molecule has 92 valence electrons. The summed E-state index contributed by atoms with van der Waals surface area (Å²) in [5, 5.41) is 0. The van der Waals surface area contributed by atoms with Gasteiger partial charge in [0.25, 0.3) is 0 Å². The zero-order valence-electron chi connectivity index (χ0n) is 9.00. The third-order valence-electron chi connectivity index (χ3n) is 2.01. The molecule has 2 aromatic rings. The van der Waals surface area contributed by atoms with Crippen molar-refractivity contribution in [3.8, 4) is 11.5 Å². The summed E-state index contributed by atoms with van der Waals surface area (Å²) in [6.07, 6.45) is 0. The standard InChI is InChI=1S/C12H12N2O.2ClH/c13-9-6-7-11(14)12(8-9)15-10-4-2-1-3-5-10;;/h1-8H,13-14H2;2*1H. The summed E-state index contributed by atoms with van der Waals surface area (Å²) in [6, 6.07) is 14.6. The Balaban J connectivity index is 0.00000128. The van der Waals surface area contributed by atoms with E-state index < -0.39 is 0 Å². The second-order valence-corrected chi connectivity index (χ2v) is 3.21. The van der Waals surface area contributed by atoms with E-state index in [1.807, 2.05) is 30.3 Å². The molecule has 2 rings (SSSR count). The van der Waals surface area contributed by atoms with Crippen molar-refractivity contribution in [2.24, 2.45) is 0 Å². The van der Waals surface area contributed by atoms with Crippen LogP contribution >= 0.6 is 24.8 Å². The number of nitrogen functional groups attached to an aromatic ring is 2. The number of hydrogen-bond acceptors (Lipinski definition) is 3. The van der Waals surface area contributed by atoms with E-state index >= 15 is 0 Å². The molecule has 0 spiro atoms. The van der Waals surface area contributed by atoms with Crippen molar-refractivity contribution in [1.29, 1.82) is 0 Å². The first-order valence-electron chi connectivity index (χ1n) is 4.63. The molecule has 0 unspecified atom stereocenters. The van der Waals surface area contributed by atoms with Gasteiger partial charge in [-0.05, 0) is 24.3 Å². The van der Waals surface area contributed by atoms with Crippen molar-refractivity contribution in [2.75, 3.05) is 11.5 Å². The van der Waals surface area contributed by atoms with Crippen molar-refractivity contribution in [1.82, 2.24) is 0 Å². The van der Waals surface area contributed by atoms with E-state index in [1.54, 1.807) is 18.2 Å². The van der Waals surface area contributed by atoms with Gasteiger partial charge in [0, 0.05) is 11.8 Å². The minimum atomic E-state index is 0. The fourth-order valence-electron chi connectivity index (χ4n) is 1.25. The lowest BCUT2D eigenvalue weighted by molar-refractivity contribution is 0.485. The predicted molar refractivity (Wildman–Crippen MR) is 76.3 cm³/mol. The average molecular weight is 273 g/mol. The molecule has 0 aliphatic carbocycles. The molecular formula is C12H14Cl2N2O. The predicted octanol–water partition coefficient (Wildman–Crippen LogP) is 3.49. The first-order chi connectivity index (χ1) is 7.25. The molecule has 0 aromatic heterocycles. The number of rotatable bonds is 2. The van der Waals surface area contributed by atoms with Gasteiger partial charge in [0.05, 0.1) is 5.69 Å². The van der Waals surface area contributed by atoms with Gasteiger partial charge in [-0.1, -0.05) is 18.2 Å². The Hall–Kier alpha value is -1.58. The molecule has 0 atom stereocenters. The lowest BCUT2D eigenvalue weighted by Crippen LogP contribution is -1.93.